The number of ether oxygens (including phenoxy) is 2. The van der Waals surface area contributed by atoms with Gasteiger partial charge >= 0.3 is 13.7 Å². The number of carbonyl (C=O) groups excluding carboxylic acids is 1. The number of methoxy groups -OCH3 is 1. The third-order valence-corrected chi connectivity index (χ3v) is 9.42. The molecule has 222 valence electrons. The lowest BCUT2D eigenvalue weighted by molar-refractivity contribution is -0.151. The van der Waals surface area contributed by atoms with Crippen LogP contribution in [0.5, 0.6) is 5.75 Å². The highest BCUT2D eigenvalue weighted by Gasteiger charge is 2.52. The van der Waals surface area contributed by atoms with Crippen LogP contribution in [-0.2, 0) is 29.9 Å². The van der Waals surface area contributed by atoms with Gasteiger partial charge in [0.15, 0.2) is 5.82 Å². The van der Waals surface area contributed by atoms with Gasteiger partial charge in [0, 0.05) is 24.7 Å². The molecule has 2 aliphatic rings. The number of halogens is 1. The van der Waals surface area contributed by atoms with Gasteiger partial charge in [-0.1, -0.05) is 11.6 Å². The second-order valence-electron chi connectivity index (χ2n) is 10.7. The largest absolute Gasteiger partial charge is 0.468 e. The van der Waals surface area contributed by atoms with E-state index >= 15 is 0 Å². The van der Waals surface area contributed by atoms with Crippen molar-refractivity contribution in [1.82, 2.24) is 19.6 Å². The number of aromatic nitrogens is 3. The minimum Gasteiger partial charge on any atom is -0.468 e. The standard InChI is InChI=1S/C26H34ClN6O7P/c1-25(35)13-19(39-21(25)14-33-12-9-20-22(32(2)28)29-16-30-23(20)33)15-38-41(36,40-18-7-5-17(27)6-8-18)31-26(10-4-11-26)24(34)37-3/h5-9,12,16,19,21,35H,4,10-11,13-15,28H2,1-3H3,(H,31,36)/t19?,21?,25-,41?/m1/s1. The first-order chi connectivity index (χ1) is 19.4. The van der Waals surface area contributed by atoms with Crippen molar-refractivity contribution in [3.8, 4) is 5.75 Å². The Labute approximate surface area is 242 Å². The zero-order valence-electron chi connectivity index (χ0n) is 23.0. The number of aliphatic hydroxyl groups is 1. The zero-order chi connectivity index (χ0) is 29.4. The summed E-state index contributed by atoms with van der Waals surface area (Å²) in [7, 11) is -1.15. The first kappa shape index (κ1) is 29.7. The Bertz CT molecular complexity index is 1450. The fourth-order valence-electron chi connectivity index (χ4n) is 5.20. The number of fused-ring (bicyclic) bond motifs is 1. The highest BCUT2D eigenvalue weighted by Crippen LogP contribution is 2.51. The zero-order valence-corrected chi connectivity index (χ0v) is 24.7. The number of rotatable bonds is 11. The van der Waals surface area contributed by atoms with E-state index in [2.05, 4.69) is 15.1 Å². The summed E-state index contributed by atoms with van der Waals surface area (Å²) in [4.78, 5) is 21.2. The van der Waals surface area contributed by atoms with Crippen LogP contribution in [0.2, 0.25) is 5.02 Å². The van der Waals surface area contributed by atoms with Gasteiger partial charge in [0.05, 0.1) is 37.4 Å². The lowest BCUT2D eigenvalue weighted by Crippen LogP contribution is -2.56. The van der Waals surface area contributed by atoms with Gasteiger partial charge in [-0.2, -0.15) is 5.09 Å². The Morgan fingerprint density at radius 2 is 2.05 bits per heavy atom. The first-order valence-electron chi connectivity index (χ1n) is 13.2. The van der Waals surface area contributed by atoms with Crippen molar-refractivity contribution in [1.29, 1.82) is 0 Å². The highest BCUT2D eigenvalue weighted by molar-refractivity contribution is 7.52. The van der Waals surface area contributed by atoms with Gasteiger partial charge in [0.2, 0.25) is 0 Å². The van der Waals surface area contributed by atoms with Crippen LogP contribution in [0.1, 0.15) is 32.6 Å². The molecule has 13 nitrogen and oxygen atoms in total. The van der Waals surface area contributed by atoms with E-state index in [1.165, 1.54) is 18.4 Å². The maximum absolute atomic E-state index is 14.0. The van der Waals surface area contributed by atoms with E-state index in [-0.39, 0.29) is 18.8 Å². The summed E-state index contributed by atoms with van der Waals surface area (Å²) < 4.78 is 38.7. The monoisotopic (exact) mass is 608 g/mol. The number of nitrogens with zero attached hydrogens (tertiary/aromatic N) is 4. The first-order valence-corrected chi connectivity index (χ1v) is 15.1. The van der Waals surface area contributed by atoms with Gasteiger partial charge in [-0.15, -0.1) is 0 Å². The fourth-order valence-corrected chi connectivity index (χ4v) is 7.09. The Morgan fingerprint density at radius 1 is 1.32 bits per heavy atom. The number of carbonyl (C=O) groups is 1. The maximum Gasteiger partial charge on any atom is 0.459 e. The molecule has 3 heterocycles. The molecule has 0 spiro atoms. The molecule has 15 heteroatoms. The van der Waals surface area contributed by atoms with E-state index in [0.29, 0.717) is 35.9 Å². The Balaban J connectivity index is 1.31. The van der Waals surface area contributed by atoms with Gasteiger partial charge < -0.3 is 23.7 Å². The normalized spacial score (nSPS) is 24.9. The Morgan fingerprint density at radius 3 is 2.68 bits per heavy atom. The summed E-state index contributed by atoms with van der Waals surface area (Å²) in [5.74, 6) is 6.17. The predicted molar refractivity (Wildman–Crippen MR) is 151 cm³/mol. The summed E-state index contributed by atoms with van der Waals surface area (Å²) in [6, 6.07) is 8.14. The average molecular weight is 609 g/mol. The van der Waals surface area contributed by atoms with Crippen LogP contribution in [0.3, 0.4) is 0 Å². The number of anilines is 1. The molecule has 2 fully saturated rings. The van der Waals surface area contributed by atoms with Gasteiger partial charge in [0.25, 0.3) is 0 Å². The number of hydrogen-bond acceptors (Lipinski definition) is 11. The van der Waals surface area contributed by atoms with Crippen LogP contribution < -0.4 is 20.5 Å². The summed E-state index contributed by atoms with van der Waals surface area (Å²) in [6.07, 6.45) is 3.82. The molecule has 0 amide bonds. The molecular formula is C26H34ClN6O7P. The van der Waals surface area contributed by atoms with Gasteiger partial charge in [-0.25, -0.2) is 20.4 Å². The van der Waals surface area contributed by atoms with E-state index in [9.17, 15) is 14.5 Å². The minimum atomic E-state index is -4.12. The molecule has 1 aliphatic heterocycles. The number of hydrogen-bond donors (Lipinski definition) is 3. The van der Waals surface area contributed by atoms with E-state index < -0.39 is 37.1 Å². The van der Waals surface area contributed by atoms with Gasteiger partial charge in [0.1, 0.15) is 29.4 Å². The molecular weight excluding hydrogens is 575 g/mol. The van der Waals surface area contributed by atoms with Crippen molar-refractivity contribution >= 4 is 42.2 Å². The number of hydrazine groups is 1. The number of esters is 1. The van der Waals surface area contributed by atoms with Gasteiger partial charge in [-0.3, -0.25) is 14.3 Å². The number of benzene rings is 1. The van der Waals surface area contributed by atoms with Crippen molar-refractivity contribution in [3.05, 3.63) is 47.9 Å². The molecule has 41 heavy (non-hydrogen) atoms. The van der Waals surface area contributed by atoms with Crippen LogP contribution in [0.15, 0.2) is 42.9 Å². The molecule has 3 unspecified atom stereocenters. The molecule has 4 atom stereocenters. The topological polar surface area (TPSA) is 163 Å². The van der Waals surface area contributed by atoms with Crippen LogP contribution in [-0.4, -0.2) is 69.7 Å². The molecule has 0 bridgehead atoms. The minimum absolute atomic E-state index is 0.168. The second kappa shape index (κ2) is 11.5. The third kappa shape index (κ3) is 6.21. The summed E-state index contributed by atoms with van der Waals surface area (Å²) in [5.41, 5.74) is -1.76. The Kier molecular flexibility index (Phi) is 8.32. The molecule has 4 N–H and O–H groups in total. The van der Waals surface area contributed by atoms with Crippen LogP contribution in [0.4, 0.5) is 5.82 Å². The molecule has 3 aromatic rings. The van der Waals surface area contributed by atoms with Crippen molar-refractivity contribution in [2.24, 2.45) is 5.84 Å². The molecule has 2 aromatic heterocycles. The maximum atomic E-state index is 14.0. The molecule has 1 saturated heterocycles. The Hall–Kier alpha value is -2.77. The summed E-state index contributed by atoms with van der Waals surface area (Å²) in [5, 5.41) is 16.7. The van der Waals surface area contributed by atoms with E-state index in [1.54, 1.807) is 38.2 Å². The lowest BCUT2D eigenvalue weighted by atomic mass is 9.78. The smallest absolute Gasteiger partial charge is 0.459 e. The molecule has 5 rings (SSSR count). The average Bonchev–Trinajstić information content (AvgIpc) is 3.45. The van der Waals surface area contributed by atoms with Crippen LogP contribution in [0.25, 0.3) is 11.0 Å². The molecule has 1 aromatic carbocycles. The quantitative estimate of drug-likeness (QED) is 0.126. The summed E-state index contributed by atoms with van der Waals surface area (Å²) in [6.45, 7) is 1.80. The highest BCUT2D eigenvalue weighted by atomic mass is 35.5. The third-order valence-electron chi connectivity index (χ3n) is 7.53. The van der Waals surface area contributed by atoms with E-state index in [1.807, 2.05) is 16.8 Å². The van der Waals surface area contributed by atoms with E-state index in [4.69, 9.17) is 36.0 Å². The summed E-state index contributed by atoms with van der Waals surface area (Å²) >= 11 is 5.98. The fraction of sp³-hybridized carbons (Fsp3) is 0.500. The van der Waals surface area contributed by atoms with Crippen molar-refractivity contribution in [3.63, 3.8) is 0 Å². The van der Waals surface area contributed by atoms with Crippen LogP contribution >= 0.6 is 19.3 Å². The molecule has 1 aliphatic carbocycles. The predicted octanol–water partition coefficient (Wildman–Crippen LogP) is 3.19. The van der Waals surface area contributed by atoms with Gasteiger partial charge in [-0.05, 0) is 56.5 Å². The molecule has 1 saturated carbocycles. The van der Waals surface area contributed by atoms with E-state index in [0.717, 1.165) is 11.8 Å². The lowest BCUT2D eigenvalue weighted by Gasteiger charge is -2.41. The van der Waals surface area contributed by atoms with Crippen molar-refractivity contribution < 1.29 is 33.0 Å². The van der Waals surface area contributed by atoms with Crippen LogP contribution in [0, 0.1) is 0 Å². The number of nitrogens with two attached hydrogens (primary N) is 1. The van der Waals surface area contributed by atoms with Crippen molar-refractivity contribution in [2.45, 2.75) is 62.5 Å². The second-order valence-corrected chi connectivity index (χ2v) is 12.8. The van der Waals surface area contributed by atoms with Crippen molar-refractivity contribution in [2.75, 3.05) is 25.8 Å². The SMILES string of the molecule is COC(=O)C1(NP(=O)(OCC2C[C@@](C)(O)C(Cn3ccc4c(N(C)N)ncnc43)O2)Oc2ccc(Cl)cc2)CCC1. The molecule has 0 radical (unpaired) electrons. The number of nitrogens with one attached hydrogen (secondary N) is 1.